The number of hydrogen-bond acceptors (Lipinski definition) is 5. The molecule has 3 heterocycles. The van der Waals surface area contributed by atoms with Gasteiger partial charge in [-0.1, -0.05) is 38.5 Å². The Labute approximate surface area is 192 Å². The van der Waals surface area contributed by atoms with E-state index in [9.17, 15) is 4.79 Å². The fourth-order valence-corrected chi connectivity index (χ4v) is 3.54. The predicted octanol–water partition coefficient (Wildman–Crippen LogP) is 5.35. The molecule has 2 N–H and O–H groups in total. The van der Waals surface area contributed by atoms with Gasteiger partial charge in [0.2, 0.25) is 0 Å². The first-order chi connectivity index (χ1) is 16.2. The number of carbonyl (C=O) groups is 1. The van der Waals surface area contributed by atoms with E-state index in [-0.39, 0.29) is 5.91 Å². The van der Waals surface area contributed by atoms with E-state index in [2.05, 4.69) is 50.4 Å². The summed E-state index contributed by atoms with van der Waals surface area (Å²) in [6.07, 6.45) is 8.13. The molecular formula is C26H26N6O. The number of amides is 1. The summed E-state index contributed by atoms with van der Waals surface area (Å²) in [7, 11) is 0. The van der Waals surface area contributed by atoms with Gasteiger partial charge in [-0.25, -0.2) is 9.97 Å². The number of benzene rings is 2. The van der Waals surface area contributed by atoms with Crippen LogP contribution in [0.15, 0.2) is 73.3 Å². The minimum Gasteiger partial charge on any atom is -0.322 e. The van der Waals surface area contributed by atoms with Crippen molar-refractivity contribution >= 4 is 33.5 Å². The van der Waals surface area contributed by atoms with Crippen LogP contribution in [0.3, 0.4) is 0 Å². The van der Waals surface area contributed by atoms with Crippen LogP contribution in [0.4, 0.5) is 5.69 Å². The lowest BCUT2D eigenvalue weighted by molar-refractivity contribution is 0.102. The van der Waals surface area contributed by atoms with E-state index in [1.807, 2.05) is 42.5 Å². The van der Waals surface area contributed by atoms with Crippen LogP contribution < -0.4 is 5.32 Å². The number of H-pyrrole nitrogens is 1. The molecule has 0 aliphatic rings. The van der Waals surface area contributed by atoms with Crippen LogP contribution in [-0.4, -0.2) is 31.1 Å². The predicted molar refractivity (Wildman–Crippen MR) is 131 cm³/mol. The van der Waals surface area contributed by atoms with Crippen LogP contribution in [0.25, 0.3) is 21.9 Å². The molecule has 0 saturated carbocycles. The van der Waals surface area contributed by atoms with Crippen molar-refractivity contribution in [3.05, 3.63) is 90.1 Å². The third kappa shape index (κ3) is 5.38. The van der Waals surface area contributed by atoms with E-state index in [4.69, 9.17) is 0 Å². The average Bonchev–Trinajstić information content (AvgIpc) is 3.34. The second-order valence-corrected chi connectivity index (χ2v) is 7.62. The van der Waals surface area contributed by atoms with Gasteiger partial charge in [-0.3, -0.25) is 14.9 Å². The van der Waals surface area contributed by atoms with Gasteiger partial charge in [-0.2, -0.15) is 5.10 Å². The molecule has 166 valence electrons. The van der Waals surface area contributed by atoms with E-state index in [0.29, 0.717) is 5.56 Å². The third-order valence-electron chi connectivity index (χ3n) is 5.28. The Balaban J connectivity index is 0.000000183. The quantitative estimate of drug-likeness (QED) is 0.385. The number of fused-ring (bicyclic) bond motifs is 2. The molecule has 0 radical (unpaired) electrons. The van der Waals surface area contributed by atoms with Gasteiger partial charge in [0.1, 0.15) is 6.33 Å². The van der Waals surface area contributed by atoms with Gasteiger partial charge in [-0.05, 0) is 54.8 Å². The number of anilines is 1. The van der Waals surface area contributed by atoms with Crippen LogP contribution in [-0.2, 0) is 12.8 Å². The van der Waals surface area contributed by atoms with E-state index in [1.54, 1.807) is 24.8 Å². The zero-order valence-electron chi connectivity index (χ0n) is 18.7. The molecule has 2 aromatic carbocycles. The molecule has 0 aliphatic carbocycles. The Morgan fingerprint density at radius 1 is 1.00 bits per heavy atom. The van der Waals surface area contributed by atoms with Crippen LogP contribution in [0.2, 0.25) is 0 Å². The topological polar surface area (TPSA) is 96.5 Å². The van der Waals surface area contributed by atoms with Crippen LogP contribution >= 0.6 is 0 Å². The number of aromatic amines is 1. The van der Waals surface area contributed by atoms with Crippen molar-refractivity contribution in [3.8, 4) is 0 Å². The Morgan fingerprint density at radius 2 is 1.91 bits per heavy atom. The summed E-state index contributed by atoms with van der Waals surface area (Å²) in [6, 6.07) is 17.3. The molecule has 0 fully saturated rings. The monoisotopic (exact) mass is 438 g/mol. The van der Waals surface area contributed by atoms with Gasteiger partial charge >= 0.3 is 0 Å². The molecule has 0 aliphatic heterocycles. The highest BCUT2D eigenvalue weighted by Crippen LogP contribution is 2.16. The smallest absolute Gasteiger partial charge is 0.255 e. The molecule has 7 heteroatoms. The highest BCUT2D eigenvalue weighted by Gasteiger charge is 2.07. The Morgan fingerprint density at radius 3 is 2.76 bits per heavy atom. The fraction of sp³-hybridized carbons (Fsp3) is 0.192. The van der Waals surface area contributed by atoms with E-state index < -0.39 is 0 Å². The SMILES string of the molecule is CCCc1ncnc2[nH]ncc12.CCc1cccc(NC(=O)c2ccc3ncccc3c2)c1. The molecule has 5 rings (SSSR count). The highest BCUT2D eigenvalue weighted by molar-refractivity contribution is 6.06. The van der Waals surface area contributed by atoms with Gasteiger partial charge < -0.3 is 5.32 Å². The molecule has 0 unspecified atom stereocenters. The van der Waals surface area contributed by atoms with Crippen molar-refractivity contribution in [1.29, 1.82) is 0 Å². The normalized spacial score (nSPS) is 10.6. The van der Waals surface area contributed by atoms with Crippen molar-refractivity contribution in [2.24, 2.45) is 0 Å². The number of pyridine rings is 1. The second kappa shape index (κ2) is 10.5. The number of hydrogen-bond donors (Lipinski definition) is 2. The van der Waals surface area contributed by atoms with Crippen molar-refractivity contribution in [1.82, 2.24) is 25.1 Å². The second-order valence-electron chi connectivity index (χ2n) is 7.62. The minimum atomic E-state index is -0.103. The van der Waals surface area contributed by atoms with Gasteiger partial charge in [0.05, 0.1) is 22.8 Å². The van der Waals surface area contributed by atoms with Crippen molar-refractivity contribution in [2.75, 3.05) is 5.32 Å². The first-order valence-corrected chi connectivity index (χ1v) is 11.1. The summed E-state index contributed by atoms with van der Waals surface area (Å²) in [5.41, 5.74) is 5.46. The molecule has 33 heavy (non-hydrogen) atoms. The van der Waals surface area contributed by atoms with Gasteiger partial charge in [0, 0.05) is 22.8 Å². The summed E-state index contributed by atoms with van der Waals surface area (Å²) in [6.45, 7) is 4.23. The van der Waals surface area contributed by atoms with E-state index >= 15 is 0 Å². The summed E-state index contributed by atoms with van der Waals surface area (Å²) < 4.78 is 0. The lowest BCUT2D eigenvalue weighted by Crippen LogP contribution is -2.11. The largest absolute Gasteiger partial charge is 0.322 e. The maximum Gasteiger partial charge on any atom is 0.255 e. The molecular weight excluding hydrogens is 412 g/mol. The van der Waals surface area contributed by atoms with Gasteiger partial charge in [0.15, 0.2) is 5.65 Å². The molecule has 0 bridgehead atoms. The third-order valence-corrected chi connectivity index (χ3v) is 5.28. The number of carbonyl (C=O) groups excluding carboxylic acids is 1. The molecule has 0 atom stereocenters. The highest BCUT2D eigenvalue weighted by atomic mass is 16.1. The zero-order chi connectivity index (χ0) is 23.0. The molecule has 3 aromatic heterocycles. The molecule has 1 amide bonds. The van der Waals surface area contributed by atoms with Crippen molar-refractivity contribution < 1.29 is 4.79 Å². The first kappa shape index (κ1) is 22.1. The van der Waals surface area contributed by atoms with Gasteiger partial charge in [0.25, 0.3) is 5.91 Å². The van der Waals surface area contributed by atoms with Gasteiger partial charge in [-0.15, -0.1) is 0 Å². The van der Waals surface area contributed by atoms with E-state index in [1.165, 1.54) is 5.56 Å². The Kier molecular flexibility index (Phi) is 6.99. The Bertz CT molecular complexity index is 1380. The summed E-state index contributed by atoms with van der Waals surface area (Å²) in [4.78, 5) is 24.8. The van der Waals surface area contributed by atoms with Crippen LogP contribution in [0.5, 0.6) is 0 Å². The minimum absolute atomic E-state index is 0.103. The lowest BCUT2D eigenvalue weighted by atomic mass is 10.1. The molecule has 7 nitrogen and oxygen atoms in total. The standard InChI is InChI=1S/C18H16N2O.C8H10N4/c1-2-13-5-3-7-16(11-13)20-18(21)15-8-9-17-14(12-15)6-4-10-19-17;1-2-3-7-6-4-11-12-8(6)10-5-9-7/h3-12H,2H2,1H3,(H,20,21);4-5H,2-3H2,1H3,(H,9,10,11,12). The molecule has 0 saturated heterocycles. The first-order valence-electron chi connectivity index (χ1n) is 11.1. The fourth-order valence-electron chi connectivity index (χ4n) is 3.54. The summed E-state index contributed by atoms with van der Waals surface area (Å²) >= 11 is 0. The number of rotatable bonds is 5. The maximum atomic E-state index is 12.3. The van der Waals surface area contributed by atoms with Crippen molar-refractivity contribution in [3.63, 3.8) is 0 Å². The van der Waals surface area contributed by atoms with E-state index in [0.717, 1.165) is 52.6 Å². The molecule has 5 aromatic rings. The number of nitrogens with one attached hydrogen (secondary N) is 2. The number of nitrogens with zero attached hydrogens (tertiary/aromatic N) is 4. The zero-order valence-corrected chi connectivity index (χ0v) is 18.7. The number of aryl methyl sites for hydroxylation is 2. The van der Waals surface area contributed by atoms with Crippen LogP contribution in [0, 0.1) is 0 Å². The lowest BCUT2D eigenvalue weighted by Gasteiger charge is -2.07. The summed E-state index contributed by atoms with van der Waals surface area (Å²) in [5, 5.41) is 11.7. The van der Waals surface area contributed by atoms with Crippen molar-refractivity contribution in [2.45, 2.75) is 33.1 Å². The number of aromatic nitrogens is 5. The Hall–Kier alpha value is -4.13. The summed E-state index contributed by atoms with van der Waals surface area (Å²) in [5.74, 6) is -0.103. The maximum absolute atomic E-state index is 12.3. The average molecular weight is 439 g/mol. The van der Waals surface area contributed by atoms with Crippen LogP contribution in [0.1, 0.15) is 41.9 Å². The molecule has 0 spiro atoms.